The minimum Gasteiger partial charge on any atom is -0.208 e. The van der Waals surface area contributed by atoms with Crippen molar-refractivity contribution in [2.24, 2.45) is 0 Å². The highest BCUT2D eigenvalue weighted by Gasteiger charge is 1.94. The Kier molecular flexibility index (Phi) is 3.70. The number of hydrogen-bond donors (Lipinski definition) is 0. The molecule has 0 aliphatic rings. The molecule has 0 N–H and O–H groups in total. The zero-order valence-electron chi connectivity index (χ0n) is 6.58. The standard InChI is InChI=1S/C9H13F/c1-5-9(7(2)3)6-8(4)10/h6H,2,4-5H2,1,3H3/b9-6-. The average molecular weight is 140 g/mol. The number of allylic oxidation sites excluding steroid dienone is 4. The SMILES string of the molecule is C=C(F)/C=C(/CC)C(=C)C. The van der Waals surface area contributed by atoms with Gasteiger partial charge < -0.3 is 0 Å². The van der Waals surface area contributed by atoms with E-state index in [0.29, 0.717) is 0 Å². The fourth-order valence-corrected chi connectivity index (χ4v) is 0.716. The Labute approximate surface area is 61.8 Å². The molecule has 0 aromatic heterocycles. The van der Waals surface area contributed by atoms with E-state index in [2.05, 4.69) is 13.2 Å². The molecular formula is C9H13F. The van der Waals surface area contributed by atoms with Gasteiger partial charge in [0.25, 0.3) is 0 Å². The Morgan fingerprint density at radius 2 is 2.00 bits per heavy atom. The second kappa shape index (κ2) is 4.04. The summed E-state index contributed by atoms with van der Waals surface area (Å²) in [7, 11) is 0. The van der Waals surface area contributed by atoms with Gasteiger partial charge in [0, 0.05) is 0 Å². The minimum absolute atomic E-state index is 0.403. The molecule has 1 heteroatoms. The molecule has 0 aromatic rings. The first-order chi connectivity index (χ1) is 4.57. The maximum Gasteiger partial charge on any atom is 0.116 e. The van der Waals surface area contributed by atoms with Crippen LogP contribution in [0.2, 0.25) is 0 Å². The average Bonchev–Trinajstić information content (AvgIpc) is 1.81. The van der Waals surface area contributed by atoms with Crippen LogP contribution in [0.5, 0.6) is 0 Å². The third-order valence-electron chi connectivity index (χ3n) is 1.26. The summed E-state index contributed by atoms with van der Waals surface area (Å²) in [6, 6.07) is 0. The first-order valence-corrected chi connectivity index (χ1v) is 3.28. The Morgan fingerprint density at radius 3 is 2.10 bits per heavy atom. The third kappa shape index (κ3) is 3.23. The molecule has 0 rings (SSSR count). The highest BCUT2D eigenvalue weighted by atomic mass is 19.1. The fraction of sp³-hybridized carbons (Fsp3) is 0.333. The van der Waals surface area contributed by atoms with Crippen molar-refractivity contribution < 1.29 is 4.39 Å². The first kappa shape index (κ1) is 9.15. The van der Waals surface area contributed by atoms with Gasteiger partial charge in [0.1, 0.15) is 5.83 Å². The topological polar surface area (TPSA) is 0 Å². The van der Waals surface area contributed by atoms with Gasteiger partial charge in [0.15, 0.2) is 0 Å². The number of hydrogen-bond acceptors (Lipinski definition) is 0. The van der Waals surface area contributed by atoms with Crippen molar-refractivity contribution in [3.8, 4) is 0 Å². The van der Waals surface area contributed by atoms with Gasteiger partial charge in [-0.25, -0.2) is 4.39 Å². The number of halogens is 1. The maximum atomic E-state index is 12.2. The summed E-state index contributed by atoms with van der Waals surface area (Å²) in [5, 5.41) is 0. The lowest BCUT2D eigenvalue weighted by atomic mass is 10.1. The second-order valence-corrected chi connectivity index (χ2v) is 2.25. The monoisotopic (exact) mass is 140 g/mol. The summed E-state index contributed by atoms with van der Waals surface area (Å²) in [5.74, 6) is -0.403. The molecule has 0 saturated carbocycles. The molecule has 0 aliphatic carbocycles. The molecule has 0 bridgehead atoms. The maximum absolute atomic E-state index is 12.2. The molecule has 0 aliphatic heterocycles. The molecule has 0 saturated heterocycles. The van der Waals surface area contributed by atoms with Crippen LogP contribution in [0.3, 0.4) is 0 Å². The van der Waals surface area contributed by atoms with Crippen LogP contribution in [-0.4, -0.2) is 0 Å². The molecular weight excluding hydrogens is 127 g/mol. The predicted molar refractivity (Wildman–Crippen MR) is 43.4 cm³/mol. The fourth-order valence-electron chi connectivity index (χ4n) is 0.716. The molecule has 0 fully saturated rings. The number of rotatable bonds is 3. The highest BCUT2D eigenvalue weighted by Crippen LogP contribution is 2.13. The van der Waals surface area contributed by atoms with Crippen LogP contribution < -0.4 is 0 Å². The van der Waals surface area contributed by atoms with Crippen LogP contribution in [0.1, 0.15) is 20.3 Å². The van der Waals surface area contributed by atoms with E-state index in [0.717, 1.165) is 17.6 Å². The summed E-state index contributed by atoms with van der Waals surface area (Å²) >= 11 is 0. The molecule has 0 amide bonds. The van der Waals surface area contributed by atoms with Gasteiger partial charge in [-0.05, 0) is 25.0 Å². The van der Waals surface area contributed by atoms with Crippen molar-refractivity contribution in [3.63, 3.8) is 0 Å². The predicted octanol–water partition coefficient (Wildman–Crippen LogP) is 3.38. The zero-order valence-corrected chi connectivity index (χ0v) is 6.58. The summed E-state index contributed by atoms with van der Waals surface area (Å²) in [5.41, 5.74) is 1.83. The quantitative estimate of drug-likeness (QED) is 0.527. The van der Waals surface area contributed by atoms with Gasteiger partial charge in [-0.3, -0.25) is 0 Å². The van der Waals surface area contributed by atoms with Crippen LogP contribution in [0.4, 0.5) is 4.39 Å². The zero-order chi connectivity index (χ0) is 8.15. The van der Waals surface area contributed by atoms with Crippen LogP contribution in [0.15, 0.2) is 36.2 Å². The Bertz CT molecular complexity index is 175. The van der Waals surface area contributed by atoms with Crippen molar-refractivity contribution >= 4 is 0 Å². The van der Waals surface area contributed by atoms with E-state index in [-0.39, 0.29) is 0 Å². The van der Waals surface area contributed by atoms with E-state index in [1.807, 2.05) is 13.8 Å². The molecule has 0 unspecified atom stereocenters. The van der Waals surface area contributed by atoms with Gasteiger partial charge in [0.2, 0.25) is 0 Å². The Morgan fingerprint density at radius 1 is 1.50 bits per heavy atom. The van der Waals surface area contributed by atoms with Crippen LogP contribution in [-0.2, 0) is 0 Å². The van der Waals surface area contributed by atoms with Gasteiger partial charge in [-0.1, -0.05) is 25.7 Å². The second-order valence-electron chi connectivity index (χ2n) is 2.25. The lowest BCUT2D eigenvalue weighted by Crippen LogP contribution is -1.81. The first-order valence-electron chi connectivity index (χ1n) is 3.28. The summed E-state index contributed by atoms with van der Waals surface area (Å²) < 4.78 is 12.2. The lowest BCUT2D eigenvalue weighted by molar-refractivity contribution is 0.669. The van der Waals surface area contributed by atoms with E-state index in [1.54, 1.807) is 0 Å². The molecule has 0 heterocycles. The van der Waals surface area contributed by atoms with Crippen molar-refractivity contribution in [1.29, 1.82) is 0 Å². The Balaban J connectivity index is 4.34. The summed E-state index contributed by atoms with van der Waals surface area (Å²) in [6.45, 7) is 10.7. The van der Waals surface area contributed by atoms with Gasteiger partial charge in [-0.15, -0.1) is 0 Å². The molecule has 56 valence electrons. The van der Waals surface area contributed by atoms with Crippen molar-refractivity contribution in [2.45, 2.75) is 20.3 Å². The summed E-state index contributed by atoms with van der Waals surface area (Å²) in [4.78, 5) is 0. The van der Waals surface area contributed by atoms with E-state index in [4.69, 9.17) is 0 Å². The molecule has 10 heavy (non-hydrogen) atoms. The largest absolute Gasteiger partial charge is 0.208 e. The van der Waals surface area contributed by atoms with Gasteiger partial charge in [0.05, 0.1) is 0 Å². The van der Waals surface area contributed by atoms with E-state index in [9.17, 15) is 4.39 Å². The summed E-state index contributed by atoms with van der Waals surface area (Å²) in [6.07, 6.45) is 2.22. The smallest absolute Gasteiger partial charge is 0.116 e. The van der Waals surface area contributed by atoms with Crippen molar-refractivity contribution in [1.82, 2.24) is 0 Å². The van der Waals surface area contributed by atoms with Crippen molar-refractivity contribution in [3.05, 3.63) is 36.2 Å². The highest BCUT2D eigenvalue weighted by molar-refractivity contribution is 5.30. The molecule has 0 aromatic carbocycles. The third-order valence-corrected chi connectivity index (χ3v) is 1.26. The van der Waals surface area contributed by atoms with Crippen LogP contribution in [0, 0.1) is 0 Å². The van der Waals surface area contributed by atoms with Gasteiger partial charge in [-0.2, -0.15) is 0 Å². The van der Waals surface area contributed by atoms with E-state index in [1.165, 1.54) is 6.08 Å². The minimum atomic E-state index is -0.403. The molecule has 0 radical (unpaired) electrons. The lowest BCUT2D eigenvalue weighted by Gasteiger charge is -2.00. The van der Waals surface area contributed by atoms with Crippen LogP contribution in [0.25, 0.3) is 0 Å². The Hall–Kier alpha value is -0.850. The van der Waals surface area contributed by atoms with E-state index >= 15 is 0 Å². The van der Waals surface area contributed by atoms with E-state index < -0.39 is 5.83 Å². The molecule has 0 atom stereocenters. The van der Waals surface area contributed by atoms with Crippen molar-refractivity contribution in [2.75, 3.05) is 0 Å². The normalized spacial score (nSPS) is 11.3. The van der Waals surface area contributed by atoms with Crippen LogP contribution >= 0.6 is 0 Å². The molecule has 0 nitrogen and oxygen atoms in total. The molecule has 0 spiro atoms. The van der Waals surface area contributed by atoms with Gasteiger partial charge >= 0.3 is 0 Å².